The van der Waals surface area contributed by atoms with Crippen LogP contribution in [0.1, 0.15) is 12.8 Å². The topological polar surface area (TPSA) is 38.8 Å². The highest BCUT2D eigenvalue weighted by atomic mass is 35.5. The molecule has 1 saturated heterocycles. The molecule has 0 aromatic heterocycles. The van der Waals surface area contributed by atoms with Crippen molar-refractivity contribution in [2.24, 2.45) is 0 Å². The monoisotopic (exact) mass is 301 g/mol. The molecule has 1 aromatic rings. The van der Waals surface area contributed by atoms with Crippen molar-refractivity contribution in [1.29, 1.82) is 0 Å². The zero-order valence-corrected chi connectivity index (χ0v) is 12.1. The Bertz CT molecular complexity index is 486. The molecule has 0 bridgehead atoms. The number of rotatable bonds is 5. The molecule has 0 unspecified atom stereocenters. The van der Waals surface area contributed by atoms with Gasteiger partial charge in [0.2, 0.25) is 0 Å². The lowest BCUT2D eigenvalue weighted by molar-refractivity contribution is -0.119. The molecule has 0 amide bonds. The van der Waals surface area contributed by atoms with Crippen LogP contribution < -0.4 is 9.64 Å². The number of ketones is 1. The highest BCUT2D eigenvalue weighted by molar-refractivity contribution is 6.32. The Kier molecular flexibility index (Phi) is 5.20. The van der Waals surface area contributed by atoms with Gasteiger partial charge in [0.15, 0.2) is 0 Å². The molecule has 0 aliphatic carbocycles. The molecule has 0 atom stereocenters. The molecular formula is C14H17ClFNO3. The fraction of sp³-hybridized carbons (Fsp3) is 0.500. The molecule has 1 aliphatic rings. The predicted molar refractivity (Wildman–Crippen MR) is 75.2 cm³/mol. The number of halogens is 2. The number of nitrogens with zero attached hydrogens (tertiary/aromatic N) is 1. The highest BCUT2D eigenvalue weighted by Crippen LogP contribution is 2.33. The lowest BCUT2D eigenvalue weighted by Gasteiger charge is -2.29. The van der Waals surface area contributed by atoms with E-state index in [0.717, 1.165) is 0 Å². The maximum absolute atomic E-state index is 14.0. The summed E-state index contributed by atoms with van der Waals surface area (Å²) in [6, 6.07) is 2.83. The maximum atomic E-state index is 14.0. The van der Waals surface area contributed by atoms with Crippen molar-refractivity contribution in [2.75, 3.05) is 38.3 Å². The number of anilines is 1. The van der Waals surface area contributed by atoms with Crippen LogP contribution >= 0.6 is 11.6 Å². The van der Waals surface area contributed by atoms with Gasteiger partial charge in [-0.1, -0.05) is 11.6 Å². The Morgan fingerprint density at radius 1 is 1.30 bits per heavy atom. The van der Waals surface area contributed by atoms with E-state index in [1.165, 1.54) is 6.07 Å². The van der Waals surface area contributed by atoms with Crippen LogP contribution in [0.3, 0.4) is 0 Å². The van der Waals surface area contributed by atoms with Crippen molar-refractivity contribution in [2.45, 2.75) is 12.8 Å². The van der Waals surface area contributed by atoms with Gasteiger partial charge in [-0.05, 0) is 6.07 Å². The van der Waals surface area contributed by atoms with Crippen LogP contribution in [0.2, 0.25) is 5.02 Å². The fourth-order valence-corrected chi connectivity index (χ4v) is 2.31. The number of Topliss-reactive ketones (excluding diaryl/α,β-unsaturated/α-hetero) is 1. The highest BCUT2D eigenvalue weighted by Gasteiger charge is 2.20. The smallest absolute Gasteiger partial charge is 0.148 e. The van der Waals surface area contributed by atoms with E-state index in [9.17, 15) is 9.18 Å². The van der Waals surface area contributed by atoms with Crippen LogP contribution in [0, 0.1) is 5.82 Å². The van der Waals surface area contributed by atoms with E-state index in [2.05, 4.69) is 0 Å². The second-order valence-corrected chi connectivity index (χ2v) is 5.01. The predicted octanol–water partition coefficient (Wildman–Crippen LogP) is 2.67. The molecule has 1 fully saturated rings. The van der Waals surface area contributed by atoms with Crippen molar-refractivity contribution < 1.29 is 18.7 Å². The van der Waals surface area contributed by atoms with E-state index in [1.807, 2.05) is 4.90 Å². The van der Waals surface area contributed by atoms with E-state index in [4.69, 9.17) is 21.1 Å². The Morgan fingerprint density at radius 3 is 2.65 bits per heavy atom. The lowest BCUT2D eigenvalue weighted by atomic mass is 10.1. The Labute approximate surface area is 122 Å². The minimum absolute atomic E-state index is 0.215. The van der Waals surface area contributed by atoms with Gasteiger partial charge in [0.1, 0.15) is 24.0 Å². The molecular weight excluding hydrogens is 285 g/mol. The third-order valence-electron chi connectivity index (χ3n) is 3.21. The van der Waals surface area contributed by atoms with Crippen LogP contribution in [0.5, 0.6) is 5.75 Å². The molecule has 2 rings (SSSR count). The fourth-order valence-electron chi connectivity index (χ4n) is 2.10. The molecule has 0 radical (unpaired) electrons. The van der Waals surface area contributed by atoms with Gasteiger partial charge >= 0.3 is 0 Å². The minimum atomic E-state index is -0.400. The molecule has 20 heavy (non-hydrogen) atoms. The average molecular weight is 302 g/mol. The van der Waals surface area contributed by atoms with E-state index >= 15 is 0 Å². The summed E-state index contributed by atoms with van der Waals surface area (Å²) in [6.45, 7) is 1.82. The van der Waals surface area contributed by atoms with Gasteiger partial charge in [0.25, 0.3) is 0 Å². The Balaban J connectivity index is 2.15. The van der Waals surface area contributed by atoms with Crippen molar-refractivity contribution in [3.05, 3.63) is 23.0 Å². The molecule has 0 saturated carbocycles. The number of piperidine rings is 1. The quantitative estimate of drug-likeness (QED) is 0.784. The SMILES string of the molecule is COCCOc1cc(N2CCC(=O)CC2)c(F)cc1Cl. The lowest BCUT2D eigenvalue weighted by Crippen LogP contribution is -2.34. The average Bonchev–Trinajstić information content (AvgIpc) is 2.43. The second-order valence-electron chi connectivity index (χ2n) is 4.60. The van der Waals surface area contributed by atoms with E-state index in [1.54, 1.807) is 13.2 Å². The molecule has 4 nitrogen and oxygen atoms in total. The van der Waals surface area contributed by atoms with Gasteiger partial charge < -0.3 is 14.4 Å². The normalized spacial score (nSPS) is 15.6. The van der Waals surface area contributed by atoms with Crippen molar-refractivity contribution in [3.63, 3.8) is 0 Å². The molecule has 1 aliphatic heterocycles. The third kappa shape index (κ3) is 3.61. The Morgan fingerprint density at radius 2 is 2.00 bits per heavy atom. The summed E-state index contributed by atoms with van der Waals surface area (Å²) in [5.74, 6) is 0.243. The molecule has 1 heterocycles. The van der Waals surface area contributed by atoms with Gasteiger partial charge in [0, 0.05) is 39.1 Å². The summed E-state index contributed by atoms with van der Waals surface area (Å²) in [5.41, 5.74) is 0.425. The first kappa shape index (κ1) is 15.1. The molecule has 0 N–H and O–H groups in total. The van der Waals surface area contributed by atoms with Crippen LogP contribution in [-0.2, 0) is 9.53 Å². The van der Waals surface area contributed by atoms with Gasteiger partial charge in [-0.15, -0.1) is 0 Å². The number of ether oxygens (including phenoxy) is 2. The van der Waals surface area contributed by atoms with E-state index in [-0.39, 0.29) is 10.8 Å². The first-order valence-corrected chi connectivity index (χ1v) is 6.87. The summed E-state index contributed by atoms with van der Waals surface area (Å²) >= 11 is 5.96. The molecule has 1 aromatic carbocycles. The van der Waals surface area contributed by atoms with Crippen molar-refractivity contribution in [3.8, 4) is 5.75 Å². The molecule has 0 spiro atoms. The number of carbonyl (C=O) groups is 1. The van der Waals surface area contributed by atoms with Gasteiger partial charge in [-0.3, -0.25) is 4.79 Å². The van der Waals surface area contributed by atoms with E-state index in [0.29, 0.717) is 50.6 Å². The number of hydrogen-bond donors (Lipinski definition) is 0. The van der Waals surface area contributed by atoms with Gasteiger partial charge in [-0.25, -0.2) is 4.39 Å². The summed E-state index contributed by atoms with van der Waals surface area (Å²) < 4.78 is 24.4. The summed E-state index contributed by atoms with van der Waals surface area (Å²) in [6.07, 6.45) is 0.893. The van der Waals surface area contributed by atoms with Crippen LogP contribution in [0.15, 0.2) is 12.1 Å². The maximum Gasteiger partial charge on any atom is 0.148 e. The summed E-state index contributed by atoms with van der Waals surface area (Å²) in [4.78, 5) is 13.1. The number of carbonyl (C=O) groups excluding carboxylic acids is 1. The van der Waals surface area contributed by atoms with Crippen LogP contribution in [0.4, 0.5) is 10.1 Å². The zero-order chi connectivity index (χ0) is 14.5. The van der Waals surface area contributed by atoms with Crippen molar-refractivity contribution in [1.82, 2.24) is 0 Å². The number of methoxy groups -OCH3 is 1. The van der Waals surface area contributed by atoms with Crippen LogP contribution in [0.25, 0.3) is 0 Å². The molecule has 6 heteroatoms. The minimum Gasteiger partial charge on any atom is -0.490 e. The largest absolute Gasteiger partial charge is 0.490 e. The van der Waals surface area contributed by atoms with Gasteiger partial charge in [-0.2, -0.15) is 0 Å². The zero-order valence-electron chi connectivity index (χ0n) is 11.3. The summed E-state index contributed by atoms with van der Waals surface area (Å²) in [7, 11) is 1.58. The second kappa shape index (κ2) is 6.90. The number of hydrogen-bond acceptors (Lipinski definition) is 4. The third-order valence-corrected chi connectivity index (χ3v) is 3.50. The van der Waals surface area contributed by atoms with Crippen LogP contribution in [-0.4, -0.2) is 39.2 Å². The number of benzene rings is 1. The first-order chi connectivity index (χ1) is 9.61. The summed E-state index contributed by atoms with van der Waals surface area (Å²) in [5, 5.41) is 0.232. The first-order valence-electron chi connectivity index (χ1n) is 6.49. The molecule has 110 valence electrons. The Hall–Kier alpha value is -1.33. The van der Waals surface area contributed by atoms with E-state index < -0.39 is 5.82 Å². The van der Waals surface area contributed by atoms with Crippen molar-refractivity contribution >= 4 is 23.1 Å². The van der Waals surface area contributed by atoms with Gasteiger partial charge in [0.05, 0.1) is 17.3 Å². The standard InChI is InChI=1S/C14H17ClFNO3/c1-19-6-7-20-14-9-13(12(16)8-11(14)15)17-4-2-10(18)3-5-17/h8-9H,2-7H2,1H3.